The van der Waals surface area contributed by atoms with Crippen LogP contribution in [0, 0.1) is 17.8 Å². The molecule has 0 spiro atoms. The summed E-state index contributed by atoms with van der Waals surface area (Å²) in [7, 11) is -0.417. The van der Waals surface area contributed by atoms with Gasteiger partial charge in [0, 0.05) is 17.3 Å². The number of rotatable bonds is 7. The Balaban J connectivity index is 1.23. The molecule has 34 heavy (non-hydrogen) atoms. The summed E-state index contributed by atoms with van der Waals surface area (Å²) in [6.07, 6.45) is 6.76. The van der Waals surface area contributed by atoms with Crippen LogP contribution in [0.3, 0.4) is 0 Å². The third kappa shape index (κ3) is 4.74. The Morgan fingerprint density at radius 2 is 1.53 bits per heavy atom. The molecule has 0 saturated heterocycles. The van der Waals surface area contributed by atoms with Crippen LogP contribution in [0.4, 0.5) is 11.4 Å². The lowest BCUT2D eigenvalue weighted by Crippen LogP contribution is -2.59. The van der Waals surface area contributed by atoms with Gasteiger partial charge in [-0.3, -0.25) is 0 Å². The maximum Gasteiger partial charge on any atom is 0.241 e. The van der Waals surface area contributed by atoms with E-state index in [1.807, 2.05) is 12.1 Å². The second-order valence-corrected chi connectivity index (χ2v) is 12.1. The molecule has 4 aliphatic carbocycles. The number of hydrogen-bond acceptors (Lipinski definition) is 5. The molecule has 2 aromatic carbocycles. The van der Waals surface area contributed by atoms with E-state index in [0.29, 0.717) is 45.7 Å². The highest BCUT2D eigenvalue weighted by Gasteiger charge is 2.52. The summed E-state index contributed by atoms with van der Waals surface area (Å²) in [5, 5.41) is 6.56. The molecule has 182 valence electrons. The lowest BCUT2D eigenvalue weighted by atomic mass is 9.53. The minimum absolute atomic E-state index is 0.257. The van der Waals surface area contributed by atoms with Crippen LogP contribution in [0.15, 0.2) is 47.4 Å². The first-order valence-electron chi connectivity index (χ1n) is 11.7. The van der Waals surface area contributed by atoms with Crippen LogP contribution in [-0.4, -0.2) is 33.3 Å². The molecule has 4 fully saturated rings. The molecular weight excluding hydrogens is 470 g/mol. The number of thiocarbonyl (C=S) groups is 1. The monoisotopic (exact) mass is 501 g/mol. The van der Waals surface area contributed by atoms with Crippen LogP contribution in [0.25, 0.3) is 0 Å². The second-order valence-electron chi connectivity index (χ2n) is 9.97. The fraction of sp³-hybridized carbons (Fsp3) is 0.480. The highest BCUT2D eigenvalue weighted by molar-refractivity contribution is 7.89. The highest BCUT2D eigenvalue weighted by atomic mass is 32.2. The number of hydrogen-bond donors (Lipinski definition) is 3. The predicted molar refractivity (Wildman–Crippen MR) is 137 cm³/mol. The van der Waals surface area contributed by atoms with Crippen LogP contribution >= 0.6 is 12.2 Å². The smallest absolute Gasteiger partial charge is 0.241 e. The average molecular weight is 502 g/mol. The van der Waals surface area contributed by atoms with Crippen LogP contribution in [0.2, 0.25) is 0 Å². The van der Waals surface area contributed by atoms with Crippen molar-refractivity contribution in [1.29, 1.82) is 0 Å². The summed E-state index contributed by atoms with van der Waals surface area (Å²) < 4.78 is 40.2. The van der Waals surface area contributed by atoms with Crippen LogP contribution < -0.4 is 24.8 Å². The van der Waals surface area contributed by atoms with Crippen LogP contribution in [0.1, 0.15) is 38.5 Å². The zero-order valence-corrected chi connectivity index (χ0v) is 21.1. The molecule has 0 radical (unpaired) electrons. The fourth-order valence-electron chi connectivity index (χ4n) is 6.48. The first kappa shape index (κ1) is 23.4. The minimum atomic E-state index is -3.59. The number of nitrogens with one attached hydrogen (secondary N) is 3. The van der Waals surface area contributed by atoms with Crippen molar-refractivity contribution >= 4 is 38.7 Å². The summed E-state index contributed by atoms with van der Waals surface area (Å²) in [6.45, 7) is 0. The van der Waals surface area contributed by atoms with E-state index in [-0.39, 0.29) is 10.4 Å². The number of ether oxygens (including phenoxy) is 2. The molecule has 9 heteroatoms. The first-order valence-corrected chi connectivity index (χ1v) is 13.6. The first-order chi connectivity index (χ1) is 16.3. The zero-order chi connectivity index (χ0) is 23.9. The molecule has 4 bridgehead atoms. The Hall–Kier alpha value is -2.36. The second kappa shape index (κ2) is 9.02. The molecule has 0 atom stereocenters. The molecule has 0 aliphatic heterocycles. The van der Waals surface area contributed by atoms with Gasteiger partial charge in [-0.2, -0.15) is 0 Å². The fourth-order valence-corrected chi connectivity index (χ4v) is 8.14. The largest absolute Gasteiger partial charge is 0.497 e. The molecule has 4 saturated carbocycles. The standard InChI is InChI=1S/C25H31N3O4S2/c1-31-20-5-8-22(23(12-20)32-2)27-24(33)26-19-3-6-21(7-4-19)34(29,30)28-25-13-16-9-17(14-25)11-18(10-16)15-25/h3-8,12,16-18,28H,9-11,13-15H2,1-2H3,(H2,26,27,33). The van der Waals surface area contributed by atoms with E-state index in [0.717, 1.165) is 19.3 Å². The quantitative estimate of drug-likeness (QED) is 0.472. The van der Waals surface area contributed by atoms with E-state index in [4.69, 9.17) is 21.7 Å². The molecule has 0 unspecified atom stereocenters. The van der Waals surface area contributed by atoms with Gasteiger partial charge in [0.05, 0.1) is 24.8 Å². The Morgan fingerprint density at radius 1 is 0.912 bits per heavy atom. The Morgan fingerprint density at radius 3 is 2.09 bits per heavy atom. The van der Waals surface area contributed by atoms with Gasteiger partial charge in [0.1, 0.15) is 11.5 Å². The molecule has 4 aliphatic rings. The molecule has 3 N–H and O–H groups in total. The van der Waals surface area contributed by atoms with Crippen LogP contribution in [-0.2, 0) is 10.0 Å². The van der Waals surface area contributed by atoms with Crippen molar-refractivity contribution in [3.63, 3.8) is 0 Å². The molecular formula is C25H31N3O4S2. The van der Waals surface area contributed by atoms with E-state index < -0.39 is 10.0 Å². The number of methoxy groups -OCH3 is 2. The van der Waals surface area contributed by atoms with Crippen molar-refractivity contribution in [3.05, 3.63) is 42.5 Å². The van der Waals surface area contributed by atoms with Gasteiger partial charge >= 0.3 is 0 Å². The SMILES string of the molecule is COc1ccc(NC(=S)Nc2ccc(S(=O)(=O)NC34CC5CC(CC(C5)C3)C4)cc2)c(OC)c1. The summed E-state index contributed by atoms with van der Waals surface area (Å²) in [6, 6.07) is 12.1. The van der Waals surface area contributed by atoms with E-state index in [9.17, 15) is 8.42 Å². The molecule has 2 aromatic rings. The van der Waals surface area contributed by atoms with Gasteiger partial charge < -0.3 is 20.1 Å². The minimum Gasteiger partial charge on any atom is -0.497 e. The number of sulfonamides is 1. The highest BCUT2D eigenvalue weighted by Crippen LogP contribution is 2.56. The van der Waals surface area contributed by atoms with Gasteiger partial charge in [0.2, 0.25) is 10.0 Å². The predicted octanol–water partition coefficient (Wildman–Crippen LogP) is 4.76. The maximum atomic E-state index is 13.2. The van der Waals surface area contributed by atoms with Crippen molar-refractivity contribution < 1.29 is 17.9 Å². The van der Waals surface area contributed by atoms with Gasteiger partial charge in [0.15, 0.2) is 5.11 Å². The average Bonchev–Trinajstić information content (AvgIpc) is 2.78. The van der Waals surface area contributed by atoms with Gasteiger partial charge in [-0.05, 0) is 105 Å². The van der Waals surface area contributed by atoms with Crippen molar-refractivity contribution in [1.82, 2.24) is 4.72 Å². The summed E-state index contributed by atoms with van der Waals surface area (Å²) >= 11 is 5.42. The topological polar surface area (TPSA) is 88.7 Å². The molecule has 7 nitrogen and oxygen atoms in total. The Kier molecular flexibility index (Phi) is 6.20. The number of anilines is 2. The lowest BCUT2D eigenvalue weighted by molar-refractivity contribution is -0.00810. The van der Waals surface area contributed by atoms with Crippen molar-refractivity contribution in [2.45, 2.75) is 49.0 Å². The van der Waals surface area contributed by atoms with Gasteiger partial charge in [0.25, 0.3) is 0 Å². The zero-order valence-electron chi connectivity index (χ0n) is 19.5. The normalized spacial score (nSPS) is 27.3. The van der Waals surface area contributed by atoms with Crippen LogP contribution in [0.5, 0.6) is 11.5 Å². The van der Waals surface area contributed by atoms with Crippen molar-refractivity contribution in [2.24, 2.45) is 17.8 Å². The van der Waals surface area contributed by atoms with Gasteiger partial charge in [-0.1, -0.05) is 0 Å². The molecule has 0 amide bonds. The maximum absolute atomic E-state index is 13.2. The number of benzene rings is 2. The van der Waals surface area contributed by atoms with Gasteiger partial charge in [-0.25, -0.2) is 13.1 Å². The Bertz CT molecular complexity index is 1150. The lowest BCUT2D eigenvalue weighted by Gasteiger charge is -2.56. The summed E-state index contributed by atoms with van der Waals surface area (Å²) in [4.78, 5) is 0.282. The third-order valence-corrected chi connectivity index (χ3v) is 9.27. The molecule has 0 aromatic heterocycles. The Labute approximate surface area is 206 Å². The summed E-state index contributed by atoms with van der Waals surface area (Å²) in [5.74, 6) is 3.32. The third-order valence-electron chi connectivity index (χ3n) is 7.47. The molecule has 6 rings (SSSR count). The van der Waals surface area contributed by atoms with E-state index >= 15 is 0 Å². The van der Waals surface area contributed by atoms with Crippen molar-refractivity contribution in [2.75, 3.05) is 24.9 Å². The van der Waals surface area contributed by atoms with Crippen molar-refractivity contribution in [3.8, 4) is 11.5 Å². The molecule has 0 heterocycles. The summed E-state index contributed by atoms with van der Waals surface area (Å²) in [5.41, 5.74) is 1.13. The van der Waals surface area contributed by atoms with E-state index in [1.165, 1.54) is 19.3 Å². The van der Waals surface area contributed by atoms with Gasteiger partial charge in [-0.15, -0.1) is 0 Å². The van der Waals surface area contributed by atoms with E-state index in [2.05, 4.69) is 15.4 Å². The van der Waals surface area contributed by atoms with E-state index in [1.54, 1.807) is 44.6 Å².